The maximum atomic E-state index is 5.58. The van der Waals surface area contributed by atoms with E-state index in [1.165, 1.54) is 28.6 Å². The Labute approximate surface area is 102 Å². The van der Waals surface area contributed by atoms with Crippen LogP contribution in [0, 0.1) is 20.8 Å². The average Bonchev–Trinajstić information content (AvgIpc) is 2.65. The van der Waals surface area contributed by atoms with E-state index in [1.807, 2.05) is 0 Å². The molecule has 0 amide bonds. The van der Waals surface area contributed by atoms with E-state index < -0.39 is 0 Å². The number of oxazole rings is 1. The zero-order chi connectivity index (χ0) is 12.4. The van der Waals surface area contributed by atoms with Gasteiger partial charge in [0.2, 0.25) is 0 Å². The van der Waals surface area contributed by atoms with E-state index in [0.29, 0.717) is 6.54 Å². The third-order valence-corrected chi connectivity index (χ3v) is 2.93. The predicted octanol–water partition coefficient (Wildman–Crippen LogP) is 2.77. The molecule has 90 valence electrons. The van der Waals surface area contributed by atoms with Crippen molar-refractivity contribution in [3.63, 3.8) is 0 Å². The van der Waals surface area contributed by atoms with Crippen LogP contribution in [0.25, 0.3) is 11.3 Å². The van der Waals surface area contributed by atoms with Crippen LogP contribution in [0.4, 0.5) is 0 Å². The number of hydrogen-bond donors (Lipinski definition) is 1. The summed E-state index contributed by atoms with van der Waals surface area (Å²) in [4.78, 5) is 4.33. The maximum Gasteiger partial charge on any atom is 0.181 e. The third kappa shape index (κ3) is 2.24. The van der Waals surface area contributed by atoms with Crippen LogP contribution >= 0.6 is 0 Å². The highest BCUT2D eigenvalue weighted by atomic mass is 16.3. The predicted molar refractivity (Wildman–Crippen MR) is 68.9 cm³/mol. The Morgan fingerprint density at radius 3 is 2.41 bits per heavy atom. The van der Waals surface area contributed by atoms with Gasteiger partial charge in [0.15, 0.2) is 6.39 Å². The van der Waals surface area contributed by atoms with E-state index >= 15 is 0 Å². The molecule has 0 saturated heterocycles. The van der Waals surface area contributed by atoms with Crippen LogP contribution < -0.4 is 5.73 Å². The van der Waals surface area contributed by atoms with Gasteiger partial charge >= 0.3 is 0 Å². The molecule has 2 N–H and O–H groups in total. The summed E-state index contributed by atoms with van der Waals surface area (Å²) in [6.07, 6.45) is 2.22. The normalized spacial score (nSPS) is 10.8. The van der Waals surface area contributed by atoms with Gasteiger partial charge in [-0.25, -0.2) is 4.98 Å². The Morgan fingerprint density at radius 2 is 1.82 bits per heavy atom. The van der Waals surface area contributed by atoms with Crippen molar-refractivity contribution >= 4 is 0 Å². The molecule has 2 rings (SSSR count). The van der Waals surface area contributed by atoms with Crippen LogP contribution in [0.15, 0.2) is 22.9 Å². The zero-order valence-corrected chi connectivity index (χ0v) is 10.6. The molecule has 0 fully saturated rings. The SMILES string of the molecule is Cc1cc(C)c(-c2ncoc2CCN)c(C)c1. The Kier molecular flexibility index (Phi) is 3.29. The highest BCUT2D eigenvalue weighted by Crippen LogP contribution is 2.29. The summed E-state index contributed by atoms with van der Waals surface area (Å²) in [5.41, 5.74) is 11.4. The summed E-state index contributed by atoms with van der Waals surface area (Å²) < 4.78 is 5.41. The lowest BCUT2D eigenvalue weighted by atomic mass is 9.96. The molecule has 1 aromatic heterocycles. The van der Waals surface area contributed by atoms with Crippen molar-refractivity contribution in [2.75, 3.05) is 6.54 Å². The lowest BCUT2D eigenvalue weighted by Gasteiger charge is -2.10. The van der Waals surface area contributed by atoms with Crippen LogP contribution in [0.1, 0.15) is 22.5 Å². The second kappa shape index (κ2) is 4.72. The van der Waals surface area contributed by atoms with Crippen LogP contribution in [-0.4, -0.2) is 11.5 Å². The standard InChI is InChI=1S/C14H18N2O/c1-9-6-10(2)13(11(3)7-9)14-12(4-5-15)17-8-16-14/h6-8H,4-5,15H2,1-3H3. The van der Waals surface area contributed by atoms with E-state index in [9.17, 15) is 0 Å². The minimum absolute atomic E-state index is 0.576. The van der Waals surface area contributed by atoms with E-state index in [4.69, 9.17) is 10.2 Å². The van der Waals surface area contributed by atoms with Crippen molar-refractivity contribution in [2.45, 2.75) is 27.2 Å². The van der Waals surface area contributed by atoms with Gasteiger partial charge in [0.1, 0.15) is 11.5 Å². The molecule has 0 aliphatic rings. The lowest BCUT2D eigenvalue weighted by molar-refractivity contribution is 0.506. The van der Waals surface area contributed by atoms with Crippen LogP contribution in [-0.2, 0) is 6.42 Å². The molecule has 0 aliphatic carbocycles. The van der Waals surface area contributed by atoms with E-state index in [-0.39, 0.29) is 0 Å². The topological polar surface area (TPSA) is 52.0 Å². The van der Waals surface area contributed by atoms with Gasteiger partial charge in [-0.15, -0.1) is 0 Å². The molecular formula is C14H18N2O. The lowest BCUT2D eigenvalue weighted by Crippen LogP contribution is -2.03. The molecule has 3 heteroatoms. The third-order valence-electron chi connectivity index (χ3n) is 2.93. The first kappa shape index (κ1) is 11.9. The molecule has 1 heterocycles. The number of nitrogens with two attached hydrogens (primary N) is 1. The van der Waals surface area contributed by atoms with Gasteiger partial charge in [0.25, 0.3) is 0 Å². The first-order valence-electron chi connectivity index (χ1n) is 5.84. The van der Waals surface area contributed by atoms with Crippen LogP contribution in [0.2, 0.25) is 0 Å². The van der Waals surface area contributed by atoms with Gasteiger partial charge < -0.3 is 10.2 Å². The highest BCUT2D eigenvalue weighted by Gasteiger charge is 2.14. The summed E-state index contributed by atoms with van der Waals surface area (Å²) >= 11 is 0. The molecule has 0 saturated carbocycles. The molecule has 1 aromatic carbocycles. The highest BCUT2D eigenvalue weighted by molar-refractivity contribution is 5.69. The fourth-order valence-corrected chi connectivity index (χ4v) is 2.34. The molecule has 0 spiro atoms. The Balaban J connectivity index is 2.56. The van der Waals surface area contributed by atoms with Crippen LogP contribution in [0.3, 0.4) is 0 Å². The van der Waals surface area contributed by atoms with Gasteiger partial charge in [-0.1, -0.05) is 17.7 Å². The van der Waals surface area contributed by atoms with Crippen LogP contribution in [0.5, 0.6) is 0 Å². The number of nitrogens with zero attached hydrogens (tertiary/aromatic N) is 1. The maximum absolute atomic E-state index is 5.58. The number of rotatable bonds is 3. The Hall–Kier alpha value is -1.61. The van der Waals surface area contributed by atoms with Crippen molar-refractivity contribution in [3.8, 4) is 11.3 Å². The molecule has 0 bridgehead atoms. The Morgan fingerprint density at radius 1 is 1.18 bits per heavy atom. The summed E-state index contributed by atoms with van der Waals surface area (Å²) in [7, 11) is 0. The van der Waals surface area contributed by atoms with Crippen molar-refractivity contribution in [3.05, 3.63) is 41.0 Å². The second-order valence-corrected chi connectivity index (χ2v) is 4.44. The van der Waals surface area contributed by atoms with E-state index in [0.717, 1.165) is 17.9 Å². The van der Waals surface area contributed by atoms with E-state index in [1.54, 1.807) is 0 Å². The summed E-state index contributed by atoms with van der Waals surface area (Å²) in [6.45, 7) is 6.89. The fourth-order valence-electron chi connectivity index (χ4n) is 2.34. The van der Waals surface area contributed by atoms with Crippen molar-refractivity contribution in [2.24, 2.45) is 5.73 Å². The summed E-state index contributed by atoms with van der Waals surface area (Å²) in [6, 6.07) is 4.34. The molecule has 0 radical (unpaired) electrons. The quantitative estimate of drug-likeness (QED) is 0.882. The Bertz CT molecular complexity index is 506. The summed E-state index contributed by atoms with van der Waals surface area (Å²) in [5, 5.41) is 0. The number of benzene rings is 1. The minimum atomic E-state index is 0.576. The first-order valence-corrected chi connectivity index (χ1v) is 5.84. The van der Waals surface area contributed by atoms with Crippen molar-refractivity contribution < 1.29 is 4.42 Å². The first-order chi connectivity index (χ1) is 8.13. The smallest absolute Gasteiger partial charge is 0.181 e. The number of aryl methyl sites for hydroxylation is 3. The molecule has 3 nitrogen and oxygen atoms in total. The molecule has 0 aliphatic heterocycles. The molecule has 17 heavy (non-hydrogen) atoms. The average molecular weight is 230 g/mol. The molecule has 2 aromatic rings. The molecular weight excluding hydrogens is 212 g/mol. The zero-order valence-electron chi connectivity index (χ0n) is 10.6. The van der Waals surface area contributed by atoms with Gasteiger partial charge in [0, 0.05) is 12.0 Å². The number of hydrogen-bond acceptors (Lipinski definition) is 3. The van der Waals surface area contributed by atoms with Crippen molar-refractivity contribution in [1.29, 1.82) is 0 Å². The molecule has 0 atom stereocenters. The van der Waals surface area contributed by atoms with Crippen molar-refractivity contribution in [1.82, 2.24) is 4.98 Å². The fraction of sp³-hybridized carbons (Fsp3) is 0.357. The molecule has 0 unspecified atom stereocenters. The van der Waals surface area contributed by atoms with Gasteiger partial charge in [-0.05, 0) is 38.4 Å². The van der Waals surface area contributed by atoms with Gasteiger partial charge in [0.05, 0.1) is 0 Å². The largest absolute Gasteiger partial charge is 0.448 e. The minimum Gasteiger partial charge on any atom is -0.448 e. The second-order valence-electron chi connectivity index (χ2n) is 4.44. The van der Waals surface area contributed by atoms with Gasteiger partial charge in [-0.3, -0.25) is 0 Å². The van der Waals surface area contributed by atoms with Gasteiger partial charge in [-0.2, -0.15) is 0 Å². The summed E-state index contributed by atoms with van der Waals surface area (Å²) in [5.74, 6) is 0.877. The monoisotopic (exact) mass is 230 g/mol. The number of aromatic nitrogens is 1. The van der Waals surface area contributed by atoms with E-state index in [2.05, 4.69) is 37.9 Å².